The van der Waals surface area contributed by atoms with E-state index in [4.69, 9.17) is 4.74 Å². The highest BCUT2D eigenvalue weighted by atomic mass is 16.5. The molecule has 0 bridgehead atoms. The Morgan fingerprint density at radius 1 is 1.08 bits per heavy atom. The summed E-state index contributed by atoms with van der Waals surface area (Å²) in [6.07, 6.45) is 11.1. The normalized spacial score (nSPS) is 33.6. The van der Waals surface area contributed by atoms with Gasteiger partial charge in [0.05, 0.1) is 18.1 Å². The number of hydrogen-bond donors (Lipinski definition) is 0. The van der Waals surface area contributed by atoms with Gasteiger partial charge in [0.1, 0.15) is 6.07 Å². The predicted octanol–water partition coefficient (Wildman–Crippen LogP) is 7.94. The second-order valence-electron chi connectivity index (χ2n) is 15.2. The molecule has 0 aromatic carbocycles. The molecule has 216 valence electrons. The maximum absolute atomic E-state index is 13.4. The fourth-order valence-corrected chi connectivity index (χ4v) is 8.53. The highest BCUT2D eigenvalue weighted by Crippen LogP contribution is 2.69. The van der Waals surface area contributed by atoms with Crippen molar-refractivity contribution in [2.45, 2.75) is 120 Å². The van der Waals surface area contributed by atoms with Gasteiger partial charge in [-0.25, -0.2) is 0 Å². The van der Waals surface area contributed by atoms with Gasteiger partial charge in [-0.15, -0.1) is 0 Å². The highest BCUT2D eigenvalue weighted by Gasteiger charge is 2.63. The van der Waals surface area contributed by atoms with E-state index in [2.05, 4.69) is 47.6 Å². The third kappa shape index (κ3) is 5.18. The van der Waals surface area contributed by atoms with Crippen LogP contribution in [-0.2, 0) is 19.1 Å². The van der Waals surface area contributed by atoms with Gasteiger partial charge < -0.3 is 4.74 Å². The summed E-state index contributed by atoms with van der Waals surface area (Å²) in [5.74, 6) is -0.157. The fourth-order valence-electron chi connectivity index (χ4n) is 8.53. The minimum atomic E-state index is -0.678. The molecule has 0 aliphatic heterocycles. The quantitative estimate of drug-likeness (QED) is 0.279. The lowest BCUT2D eigenvalue weighted by Crippen LogP contribution is -2.57. The van der Waals surface area contributed by atoms with Crippen molar-refractivity contribution in [1.29, 1.82) is 5.26 Å². The van der Waals surface area contributed by atoms with Crippen molar-refractivity contribution in [3.8, 4) is 6.07 Å². The fraction of sp³-hybridized carbons (Fsp3) is 0.765. The zero-order valence-electron chi connectivity index (χ0n) is 26.2. The Morgan fingerprint density at radius 3 is 2.28 bits per heavy atom. The number of carbonyl (C=O) groups is 3. The number of methoxy groups -OCH3 is 1. The van der Waals surface area contributed by atoms with Crippen LogP contribution in [0.1, 0.15) is 120 Å². The summed E-state index contributed by atoms with van der Waals surface area (Å²) in [6, 6.07) is 2.15. The van der Waals surface area contributed by atoms with E-state index in [0.29, 0.717) is 12.8 Å². The van der Waals surface area contributed by atoms with Crippen molar-refractivity contribution in [3.63, 3.8) is 0 Å². The molecule has 0 saturated heterocycles. The average Bonchev–Trinajstić information content (AvgIpc) is 2.85. The summed E-state index contributed by atoms with van der Waals surface area (Å²) in [5.41, 5.74) is -1.10. The van der Waals surface area contributed by atoms with Gasteiger partial charge in [-0.05, 0) is 80.1 Å². The molecule has 0 aromatic rings. The van der Waals surface area contributed by atoms with Gasteiger partial charge in [0, 0.05) is 17.3 Å². The molecule has 3 aliphatic carbocycles. The lowest BCUT2D eigenvalue weighted by Gasteiger charge is -2.63. The Kier molecular flexibility index (Phi) is 8.28. The van der Waals surface area contributed by atoms with Gasteiger partial charge >= 0.3 is 5.97 Å². The average molecular weight is 538 g/mol. The third-order valence-electron chi connectivity index (χ3n) is 11.5. The number of rotatable bonds is 9. The number of hydrogen-bond acceptors (Lipinski definition) is 5. The Labute approximate surface area is 236 Å². The Hall–Kier alpha value is -2.22. The van der Waals surface area contributed by atoms with Crippen LogP contribution in [0.3, 0.4) is 0 Å². The largest absolute Gasteiger partial charge is 0.469 e. The number of ether oxygens (including phenoxy) is 1. The molecule has 1 saturated carbocycles. The molecule has 0 aromatic heterocycles. The van der Waals surface area contributed by atoms with Crippen LogP contribution in [0.25, 0.3) is 0 Å². The zero-order chi connectivity index (χ0) is 29.7. The van der Waals surface area contributed by atoms with Gasteiger partial charge in [0.2, 0.25) is 0 Å². The second-order valence-corrected chi connectivity index (χ2v) is 15.2. The summed E-state index contributed by atoms with van der Waals surface area (Å²) in [6.45, 7) is 19.3. The molecule has 0 unspecified atom stereocenters. The van der Waals surface area contributed by atoms with Gasteiger partial charge in [-0.1, -0.05) is 73.5 Å². The molecule has 5 heteroatoms. The molecule has 0 radical (unpaired) electrons. The molecule has 0 N–H and O–H groups in total. The van der Waals surface area contributed by atoms with Crippen molar-refractivity contribution < 1.29 is 19.1 Å². The van der Waals surface area contributed by atoms with Crippen molar-refractivity contribution in [2.24, 2.45) is 38.4 Å². The second kappa shape index (κ2) is 10.3. The van der Waals surface area contributed by atoms with Crippen molar-refractivity contribution in [2.75, 3.05) is 7.11 Å². The number of allylic oxidation sites excluding steroid dienone is 4. The van der Waals surface area contributed by atoms with E-state index in [9.17, 15) is 19.6 Å². The van der Waals surface area contributed by atoms with Gasteiger partial charge in [0.15, 0.2) is 11.6 Å². The predicted molar refractivity (Wildman–Crippen MR) is 155 cm³/mol. The van der Waals surface area contributed by atoms with Crippen LogP contribution in [0.2, 0.25) is 0 Å². The van der Waals surface area contributed by atoms with Gasteiger partial charge in [0.25, 0.3) is 0 Å². The number of ketones is 2. The monoisotopic (exact) mass is 537 g/mol. The van der Waals surface area contributed by atoms with Crippen molar-refractivity contribution in [3.05, 3.63) is 23.3 Å². The molecule has 0 amide bonds. The topological polar surface area (TPSA) is 84.2 Å². The summed E-state index contributed by atoms with van der Waals surface area (Å²) < 4.78 is 5.32. The third-order valence-corrected chi connectivity index (χ3v) is 11.5. The minimum Gasteiger partial charge on any atom is -0.469 e. The Morgan fingerprint density at radius 2 is 1.72 bits per heavy atom. The molecule has 5 nitrogen and oxygen atoms in total. The van der Waals surface area contributed by atoms with Crippen LogP contribution in [0.5, 0.6) is 0 Å². The first kappa shape index (κ1) is 31.3. The molecule has 0 spiro atoms. The lowest BCUT2D eigenvalue weighted by atomic mass is 9.40. The SMILES string of the molecule is CCCC(C)(C)CC[C@@](C)(CC[C@]1(C)CC(=O)C=C2[C@@]3(C)C=C(C#N)C(=O)C(C)(C)[C@@H]3CC[C@]21C)C(=O)OC. The summed E-state index contributed by atoms with van der Waals surface area (Å²) in [4.78, 5) is 39.7. The van der Waals surface area contributed by atoms with Crippen LogP contribution in [0, 0.1) is 49.7 Å². The number of nitrogens with zero attached hydrogens (tertiary/aromatic N) is 1. The Bertz CT molecular complexity index is 1140. The van der Waals surface area contributed by atoms with Crippen molar-refractivity contribution >= 4 is 17.5 Å². The van der Waals surface area contributed by atoms with Crippen LogP contribution in [-0.4, -0.2) is 24.6 Å². The van der Waals surface area contributed by atoms with Crippen molar-refractivity contribution in [1.82, 2.24) is 0 Å². The lowest BCUT2D eigenvalue weighted by molar-refractivity contribution is -0.154. The zero-order valence-corrected chi connectivity index (χ0v) is 26.2. The van der Waals surface area contributed by atoms with Gasteiger partial charge in [-0.3, -0.25) is 14.4 Å². The van der Waals surface area contributed by atoms with E-state index >= 15 is 0 Å². The van der Waals surface area contributed by atoms with Crippen LogP contribution in [0.15, 0.2) is 23.3 Å². The van der Waals surface area contributed by atoms with E-state index in [0.717, 1.165) is 50.5 Å². The molecule has 5 atom stereocenters. The molecule has 3 aliphatic rings. The van der Waals surface area contributed by atoms with Crippen LogP contribution in [0.4, 0.5) is 0 Å². The first-order valence-electron chi connectivity index (χ1n) is 14.9. The smallest absolute Gasteiger partial charge is 0.311 e. The molecule has 0 heterocycles. The number of esters is 1. The summed E-state index contributed by atoms with van der Waals surface area (Å²) >= 11 is 0. The molecule has 39 heavy (non-hydrogen) atoms. The van der Waals surface area contributed by atoms with E-state index in [1.54, 1.807) is 0 Å². The van der Waals surface area contributed by atoms with Crippen LogP contribution >= 0.6 is 0 Å². The summed E-state index contributed by atoms with van der Waals surface area (Å²) in [5, 5.41) is 9.83. The Balaban J connectivity index is 2.00. The van der Waals surface area contributed by atoms with E-state index < -0.39 is 16.2 Å². The molecular weight excluding hydrogens is 486 g/mol. The first-order valence-corrected chi connectivity index (χ1v) is 14.9. The van der Waals surface area contributed by atoms with E-state index in [1.807, 2.05) is 32.9 Å². The minimum absolute atomic E-state index is 0.0187. The molecule has 1 fully saturated rings. The van der Waals surface area contributed by atoms with E-state index in [1.165, 1.54) is 7.11 Å². The highest BCUT2D eigenvalue weighted by molar-refractivity contribution is 6.04. The summed E-state index contributed by atoms with van der Waals surface area (Å²) in [7, 11) is 1.47. The number of carbonyl (C=O) groups excluding carboxylic acids is 3. The number of fused-ring (bicyclic) bond motifs is 3. The number of nitriles is 1. The maximum Gasteiger partial charge on any atom is 0.311 e. The molecular formula is C34H51NO4. The van der Waals surface area contributed by atoms with Crippen LogP contribution < -0.4 is 0 Å². The van der Waals surface area contributed by atoms with E-state index in [-0.39, 0.29) is 45.3 Å². The number of Topliss-reactive ketones (excluding diaryl/α,β-unsaturated/α-hetero) is 1. The standard InChI is InChI=1S/C34H51NO4/c1-11-13-29(2,3)15-16-31(6,28(38)39-10)17-18-32(7)21-24(36)19-26-33(8)20-23(22-35)27(37)30(4,5)25(33)12-14-34(26,32)9/h19-20,25H,11-18,21H2,1-10H3/t25-,31-,32+,33-,34+/m0/s1. The first-order chi connectivity index (χ1) is 17.9. The molecule has 3 rings (SSSR count). The maximum atomic E-state index is 13.4. The van der Waals surface area contributed by atoms with Gasteiger partial charge in [-0.2, -0.15) is 5.26 Å².